The summed E-state index contributed by atoms with van der Waals surface area (Å²) in [4.78, 5) is 0. The van der Waals surface area contributed by atoms with Gasteiger partial charge in [-0.25, -0.2) is 8.78 Å². The van der Waals surface area contributed by atoms with Crippen molar-refractivity contribution in [2.75, 3.05) is 20.3 Å². The van der Waals surface area contributed by atoms with Crippen LogP contribution in [0.5, 0.6) is 5.75 Å². The molecule has 0 radical (unpaired) electrons. The molecule has 3 N–H and O–H groups in total. The van der Waals surface area contributed by atoms with Gasteiger partial charge in [-0.2, -0.15) is 0 Å². The first-order valence-electron chi connectivity index (χ1n) is 10.5. The first-order chi connectivity index (χ1) is 15.3. The van der Waals surface area contributed by atoms with E-state index in [0.717, 1.165) is 23.8 Å². The van der Waals surface area contributed by atoms with E-state index in [1.165, 1.54) is 13.0 Å². The number of hydrogen-bond acceptors (Lipinski definition) is 5. The van der Waals surface area contributed by atoms with Crippen molar-refractivity contribution in [3.63, 3.8) is 0 Å². The summed E-state index contributed by atoms with van der Waals surface area (Å²) in [5.41, 5.74) is 0.754. The molecule has 2 aromatic rings. The van der Waals surface area contributed by atoms with E-state index in [9.17, 15) is 19.0 Å². The second kappa shape index (κ2) is 11.9. The minimum absolute atomic E-state index is 0.0313. The van der Waals surface area contributed by atoms with Crippen LogP contribution in [-0.2, 0) is 11.2 Å². The lowest BCUT2D eigenvalue weighted by molar-refractivity contribution is -0.207. The Bertz CT molecular complexity index is 879. The zero-order valence-corrected chi connectivity index (χ0v) is 19.3. The third kappa shape index (κ3) is 6.17. The number of ether oxygens (including phenoxy) is 2. The van der Waals surface area contributed by atoms with E-state index in [0.29, 0.717) is 18.1 Å². The summed E-state index contributed by atoms with van der Waals surface area (Å²) in [5.74, 6) is -0.239. The molecular formula is C24H31ClF2O5. The molecule has 2 aromatic carbocycles. The number of hydrogen-bond donors (Lipinski definition) is 3. The van der Waals surface area contributed by atoms with Crippen molar-refractivity contribution in [2.24, 2.45) is 0 Å². The first-order valence-corrected chi connectivity index (χ1v) is 10.9. The number of alkyl halides is 1. The summed E-state index contributed by atoms with van der Waals surface area (Å²) >= 11 is 6.36. The van der Waals surface area contributed by atoms with Gasteiger partial charge in [0, 0.05) is 25.0 Å². The molecule has 0 bridgehead atoms. The van der Waals surface area contributed by atoms with Gasteiger partial charge in [-0.15, -0.1) is 0 Å². The van der Waals surface area contributed by atoms with Gasteiger partial charge in [0.05, 0.1) is 25.4 Å². The number of aliphatic hydroxyl groups excluding tert-OH is 3. The molecule has 3 rings (SSSR count). The second-order valence-corrected chi connectivity index (χ2v) is 8.17. The van der Waals surface area contributed by atoms with E-state index in [2.05, 4.69) is 0 Å². The fourth-order valence-corrected chi connectivity index (χ4v) is 4.06. The maximum Gasteiger partial charge on any atom is 0.165 e. The zero-order valence-electron chi connectivity index (χ0n) is 18.5. The lowest BCUT2D eigenvalue weighted by atomic mass is 9.85. The van der Waals surface area contributed by atoms with Crippen LogP contribution in [0.1, 0.15) is 49.5 Å². The Hall–Kier alpha value is -1.77. The molecule has 0 aliphatic carbocycles. The van der Waals surface area contributed by atoms with E-state index in [1.54, 1.807) is 31.2 Å². The smallest absolute Gasteiger partial charge is 0.165 e. The van der Waals surface area contributed by atoms with Crippen LogP contribution >= 0.6 is 11.6 Å². The number of rotatable bonds is 7. The lowest BCUT2D eigenvalue weighted by Crippen LogP contribution is -2.51. The van der Waals surface area contributed by atoms with Crippen LogP contribution in [0.2, 0.25) is 5.02 Å². The van der Waals surface area contributed by atoms with E-state index < -0.39 is 36.4 Å². The molecule has 0 spiro atoms. The fourth-order valence-electron chi connectivity index (χ4n) is 3.87. The topological polar surface area (TPSA) is 79.2 Å². The molecule has 1 heterocycles. The molecule has 3 unspecified atom stereocenters. The molecule has 1 fully saturated rings. The fraction of sp³-hybridized carbons (Fsp3) is 0.500. The number of aliphatic hydroxyl groups is 3. The highest BCUT2D eigenvalue weighted by Crippen LogP contribution is 2.41. The van der Waals surface area contributed by atoms with Crippen LogP contribution in [0.3, 0.4) is 0 Å². The SMILES string of the molecule is CCOc1ccc(Cc2cc(C3CC(O)C[C@@](CO)(C(C)F)O3)ccc2Cl)cc1F.CO. The standard InChI is InChI=1S/C23H27ClF2O4.CH4O/c1-3-29-21-7-4-15(9-20(21)26)8-17-10-16(5-6-19(17)24)22-11-18(28)12-23(13-27,30-22)14(2)25;1-2/h4-7,9-10,14,18,22,27-28H,3,8,11-13H2,1-2H3;2H,1H3/t14?,18?,22?,23-;/m1./s1. The summed E-state index contributed by atoms with van der Waals surface area (Å²) < 4.78 is 39.6. The van der Waals surface area contributed by atoms with Crippen LogP contribution in [0.25, 0.3) is 0 Å². The lowest BCUT2D eigenvalue weighted by Gasteiger charge is -2.43. The van der Waals surface area contributed by atoms with Crippen LogP contribution in [0.4, 0.5) is 8.78 Å². The summed E-state index contributed by atoms with van der Waals surface area (Å²) in [6, 6.07) is 10.1. The minimum atomic E-state index is -1.45. The van der Waals surface area contributed by atoms with Gasteiger partial charge in [0.25, 0.3) is 0 Å². The molecule has 4 atom stereocenters. The Morgan fingerprint density at radius 3 is 2.56 bits per heavy atom. The van der Waals surface area contributed by atoms with Crippen LogP contribution in [-0.4, -0.2) is 53.5 Å². The van der Waals surface area contributed by atoms with Gasteiger partial charge < -0.3 is 24.8 Å². The summed E-state index contributed by atoms with van der Waals surface area (Å²) in [5, 5.41) is 27.5. The van der Waals surface area contributed by atoms with Crippen molar-refractivity contribution in [2.45, 2.75) is 57.1 Å². The molecule has 8 heteroatoms. The van der Waals surface area contributed by atoms with Gasteiger partial charge in [0.15, 0.2) is 11.6 Å². The predicted molar refractivity (Wildman–Crippen MR) is 119 cm³/mol. The maximum absolute atomic E-state index is 14.2. The van der Waals surface area contributed by atoms with Gasteiger partial charge in [0.2, 0.25) is 0 Å². The third-order valence-corrected chi connectivity index (χ3v) is 5.94. The Morgan fingerprint density at radius 2 is 1.97 bits per heavy atom. The van der Waals surface area contributed by atoms with Crippen molar-refractivity contribution in [3.8, 4) is 5.75 Å². The largest absolute Gasteiger partial charge is 0.491 e. The average molecular weight is 473 g/mol. The molecular weight excluding hydrogens is 442 g/mol. The molecule has 178 valence electrons. The molecule has 1 aliphatic heterocycles. The van der Waals surface area contributed by atoms with Crippen molar-refractivity contribution < 1.29 is 33.6 Å². The van der Waals surface area contributed by atoms with Gasteiger partial charge in [0.1, 0.15) is 11.8 Å². The van der Waals surface area contributed by atoms with Crippen molar-refractivity contribution in [1.29, 1.82) is 0 Å². The third-order valence-electron chi connectivity index (χ3n) is 5.57. The molecule has 5 nitrogen and oxygen atoms in total. The van der Waals surface area contributed by atoms with E-state index in [-0.39, 0.29) is 18.6 Å². The molecule has 0 saturated carbocycles. The van der Waals surface area contributed by atoms with Crippen molar-refractivity contribution in [3.05, 3.63) is 63.9 Å². The average Bonchev–Trinajstić information content (AvgIpc) is 2.78. The molecule has 0 aromatic heterocycles. The minimum Gasteiger partial charge on any atom is -0.491 e. The first kappa shape index (κ1) is 26.5. The van der Waals surface area contributed by atoms with Crippen LogP contribution in [0, 0.1) is 5.82 Å². The van der Waals surface area contributed by atoms with E-state index >= 15 is 0 Å². The van der Waals surface area contributed by atoms with E-state index in [1.807, 2.05) is 6.07 Å². The Labute approximate surface area is 192 Å². The molecule has 1 aliphatic rings. The van der Waals surface area contributed by atoms with Crippen LogP contribution in [0.15, 0.2) is 36.4 Å². The summed E-state index contributed by atoms with van der Waals surface area (Å²) in [6.07, 6.45) is -2.13. The van der Waals surface area contributed by atoms with Gasteiger partial charge in [-0.3, -0.25) is 0 Å². The predicted octanol–water partition coefficient (Wildman–Crippen LogP) is 4.38. The van der Waals surface area contributed by atoms with Crippen molar-refractivity contribution >= 4 is 11.6 Å². The van der Waals surface area contributed by atoms with Gasteiger partial charge >= 0.3 is 0 Å². The second-order valence-electron chi connectivity index (χ2n) is 7.76. The Kier molecular flexibility index (Phi) is 9.85. The van der Waals surface area contributed by atoms with Crippen LogP contribution < -0.4 is 4.74 Å². The number of halogens is 3. The molecule has 0 amide bonds. The highest BCUT2D eigenvalue weighted by Gasteiger charge is 2.45. The van der Waals surface area contributed by atoms with E-state index in [4.69, 9.17) is 26.2 Å². The molecule has 1 saturated heterocycles. The number of benzene rings is 2. The monoisotopic (exact) mass is 472 g/mol. The molecule has 32 heavy (non-hydrogen) atoms. The summed E-state index contributed by atoms with van der Waals surface area (Å²) in [6.45, 7) is 2.96. The zero-order chi connectivity index (χ0) is 23.9. The quantitative estimate of drug-likeness (QED) is 0.557. The highest BCUT2D eigenvalue weighted by atomic mass is 35.5. The maximum atomic E-state index is 14.2. The van der Waals surface area contributed by atoms with Gasteiger partial charge in [-0.1, -0.05) is 29.8 Å². The highest BCUT2D eigenvalue weighted by molar-refractivity contribution is 6.31. The normalized spacial score (nSPS) is 23.8. The Morgan fingerprint density at radius 1 is 1.25 bits per heavy atom. The van der Waals surface area contributed by atoms with Crippen molar-refractivity contribution in [1.82, 2.24) is 0 Å². The summed E-state index contributed by atoms with van der Waals surface area (Å²) in [7, 11) is 1.00. The Balaban J connectivity index is 0.00000176. The van der Waals surface area contributed by atoms with Gasteiger partial charge in [-0.05, 0) is 55.2 Å².